The van der Waals surface area contributed by atoms with E-state index in [2.05, 4.69) is 20.1 Å². The second-order valence-corrected chi connectivity index (χ2v) is 7.46. The molecule has 1 saturated carbocycles. The number of benzene rings is 1. The Kier molecular flexibility index (Phi) is 4.01. The molecule has 7 nitrogen and oxygen atoms in total. The molecule has 2 fully saturated rings. The highest BCUT2D eigenvalue weighted by molar-refractivity contribution is 5.68. The fraction of sp³-hybridized carbons (Fsp3) is 0.350. The van der Waals surface area contributed by atoms with Crippen LogP contribution < -0.4 is 4.74 Å². The Labute approximate surface area is 161 Å². The molecule has 2 unspecified atom stereocenters. The second-order valence-electron chi connectivity index (χ2n) is 7.46. The van der Waals surface area contributed by atoms with Crippen molar-refractivity contribution in [1.82, 2.24) is 24.6 Å². The van der Waals surface area contributed by atoms with Gasteiger partial charge in [-0.15, -0.1) is 10.2 Å². The summed E-state index contributed by atoms with van der Waals surface area (Å²) in [5.41, 5.74) is 1.88. The monoisotopic (exact) mass is 381 g/mol. The molecule has 1 aromatic carbocycles. The molecule has 144 valence electrons. The third kappa shape index (κ3) is 2.80. The molecule has 2 aromatic heterocycles. The number of fused-ring (bicyclic) bond motifs is 2. The van der Waals surface area contributed by atoms with Crippen molar-refractivity contribution in [3.05, 3.63) is 49.1 Å². The van der Waals surface area contributed by atoms with E-state index in [0.717, 1.165) is 18.7 Å². The maximum absolute atomic E-state index is 14.5. The summed E-state index contributed by atoms with van der Waals surface area (Å²) in [6, 6.07) is 8.62. The molecule has 1 N–H and O–H groups in total. The summed E-state index contributed by atoms with van der Waals surface area (Å²) in [4.78, 5) is 6.06. The van der Waals surface area contributed by atoms with Crippen LogP contribution in [0.5, 0.6) is 11.6 Å². The minimum atomic E-state index is -1.01. The Morgan fingerprint density at radius 1 is 1.21 bits per heavy atom. The van der Waals surface area contributed by atoms with E-state index in [1.54, 1.807) is 47.6 Å². The van der Waals surface area contributed by atoms with Gasteiger partial charge in [0, 0.05) is 48.6 Å². The van der Waals surface area contributed by atoms with Crippen LogP contribution in [-0.4, -0.2) is 61.7 Å². The molecule has 4 atom stereocenters. The zero-order valence-corrected chi connectivity index (χ0v) is 15.3. The Morgan fingerprint density at radius 3 is 2.75 bits per heavy atom. The number of nitrogens with zero attached hydrogens (tertiary/aromatic N) is 5. The molecule has 1 saturated heterocycles. The number of hydrogen-bond donors (Lipinski definition) is 1. The van der Waals surface area contributed by atoms with Crippen LogP contribution in [0.1, 0.15) is 6.42 Å². The van der Waals surface area contributed by atoms with Crippen molar-refractivity contribution >= 4 is 0 Å². The zero-order chi connectivity index (χ0) is 19.3. The average Bonchev–Trinajstić information content (AvgIpc) is 3.41. The minimum Gasteiger partial charge on any atom is -0.507 e. The fourth-order valence-electron chi connectivity index (χ4n) is 4.30. The first kappa shape index (κ1) is 17.1. The quantitative estimate of drug-likeness (QED) is 0.748. The largest absolute Gasteiger partial charge is 0.507 e. The summed E-state index contributed by atoms with van der Waals surface area (Å²) in [5.74, 6) is 0.585. The molecular weight excluding hydrogens is 361 g/mol. The fourth-order valence-corrected chi connectivity index (χ4v) is 4.30. The molecule has 1 aliphatic carbocycles. The lowest BCUT2D eigenvalue weighted by molar-refractivity contribution is 0.0220. The summed E-state index contributed by atoms with van der Waals surface area (Å²) < 4.78 is 22.1. The number of hydrogen-bond acceptors (Lipinski definition) is 6. The van der Waals surface area contributed by atoms with Crippen LogP contribution in [0.15, 0.2) is 49.1 Å². The molecule has 3 aromatic rings. The van der Waals surface area contributed by atoms with Gasteiger partial charge in [-0.25, -0.2) is 9.37 Å². The normalized spacial score (nSPS) is 26.6. The molecule has 1 aliphatic heterocycles. The van der Waals surface area contributed by atoms with Gasteiger partial charge in [-0.1, -0.05) is 0 Å². The van der Waals surface area contributed by atoms with Gasteiger partial charge in [-0.3, -0.25) is 4.90 Å². The lowest BCUT2D eigenvalue weighted by Crippen LogP contribution is -2.46. The first-order chi connectivity index (χ1) is 13.6. The van der Waals surface area contributed by atoms with E-state index in [4.69, 9.17) is 4.74 Å². The first-order valence-corrected chi connectivity index (χ1v) is 9.26. The molecule has 5 rings (SSSR count). The number of likely N-dealkylation sites (tertiary alicyclic amines) is 1. The van der Waals surface area contributed by atoms with Crippen molar-refractivity contribution in [2.45, 2.75) is 24.7 Å². The number of imidazole rings is 1. The number of phenols is 1. The van der Waals surface area contributed by atoms with Crippen LogP contribution in [0.2, 0.25) is 0 Å². The van der Waals surface area contributed by atoms with E-state index in [0.29, 0.717) is 17.1 Å². The van der Waals surface area contributed by atoms with E-state index in [-0.39, 0.29) is 17.7 Å². The number of rotatable bonds is 4. The summed E-state index contributed by atoms with van der Waals surface area (Å²) in [5, 5.41) is 18.6. The number of ether oxygens (including phenoxy) is 1. The number of halogens is 1. The standard InChI is InChI=1S/C20H20FN5O2/c1-25-10-12-8-16(25)19(21)20(12)28-18-5-4-15(23-24-18)14-3-2-13(9-17(14)27)26-7-6-22-11-26/h2-7,9,11-12,16,19-20,27H,8,10H2,1H3/t12?,16?,19-,20-/m1/s1. The first-order valence-electron chi connectivity index (χ1n) is 9.26. The highest BCUT2D eigenvalue weighted by Gasteiger charge is 2.52. The van der Waals surface area contributed by atoms with Crippen LogP contribution in [0, 0.1) is 5.92 Å². The average molecular weight is 381 g/mol. The predicted octanol–water partition coefficient (Wildman–Crippen LogP) is 2.45. The van der Waals surface area contributed by atoms with Gasteiger partial charge in [-0.2, -0.15) is 0 Å². The Morgan fingerprint density at radius 2 is 2.11 bits per heavy atom. The van der Waals surface area contributed by atoms with Crippen molar-refractivity contribution in [3.63, 3.8) is 0 Å². The summed E-state index contributed by atoms with van der Waals surface area (Å²) >= 11 is 0. The highest BCUT2D eigenvalue weighted by Crippen LogP contribution is 2.40. The number of alkyl halides is 1. The van der Waals surface area contributed by atoms with Gasteiger partial charge in [0.2, 0.25) is 5.88 Å². The van der Waals surface area contributed by atoms with Gasteiger partial charge in [-0.05, 0) is 31.7 Å². The van der Waals surface area contributed by atoms with Gasteiger partial charge in [0.15, 0.2) is 6.17 Å². The SMILES string of the molecule is CN1CC2CC1[C@@H](F)[C@@H]2Oc1ccc(-c2ccc(-n3ccnc3)cc2O)nn1. The summed E-state index contributed by atoms with van der Waals surface area (Å²) in [7, 11) is 1.95. The van der Waals surface area contributed by atoms with E-state index < -0.39 is 12.3 Å². The van der Waals surface area contributed by atoms with Crippen LogP contribution in [0.4, 0.5) is 4.39 Å². The third-order valence-corrected chi connectivity index (χ3v) is 5.74. The van der Waals surface area contributed by atoms with Crippen LogP contribution in [0.25, 0.3) is 16.9 Å². The van der Waals surface area contributed by atoms with Gasteiger partial charge in [0.05, 0.1) is 17.7 Å². The summed E-state index contributed by atoms with van der Waals surface area (Å²) in [6.07, 6.45) is 4.48. The molecule has 0 spiro atoms. The predicted molar refractivity (Wildman–Crippen MR) is 100 cm³/mol. The molecular formula is C20H20FN5O2. The smallest absolute Gasteiger partial charge is 0.233 e. The number of piperidine rings is 1. The number of aromatic nitrogens is 4. The van der Waals surface area contributed by atoms with Crippen LogP contribution in [0.3, 0.4) is 0 Å². The number of phenolic OH excluding ortho intramolecular Hbond substituents is 1. The Bertz CT molecular complexity index is 977. The van der Waals surface area contributed by atoms with E-state index in [1.807, 2.05) is 13.1 Å². The van der Waals surface area contributed by atoms with Crippen molar-refractivity contribution in [2.24, 2.45) is 5.92 Å². The number of aromatic hydroxyl groups is 1. The molecule has 2 aliphatic rings. The van der Waals surface area contributed by atoms with E-state index >= 15 is 0 Å². The molecule has 3 heterocycles. The topological polar surface area (TPSA) is 76.3 Å². The Balaban J connectivity index is 1.33. The lowest BCUT2D eigenvalue weighted by atomic mass is 10.1. The third-order valence-electron chi connectivity index (χ3n) is 5.74. The summed E-state index contributed by atoms with van der Waals surface area (Å²) in [6.45, 7) is 0.846. The van der Waals surface area contributed by atoms with Crippen molar-refractivity contribution in [3.8, 4) is 28.6 Å². The molecule has 2 bridgehead atoms. The lowest BCUT2D eigenvalue weighted by Gasteiger charge is -2.31. The highest BCUT2D eigenvalue weighted by atomic mass is 19.1. The van der Waals surface area contributed by atoms with Gasteiger partial charge in [0.25, 0.3) is 0 Å². The van der Waals surface area contributed by atoms with Gasteiger partial charge in [0.1, 0.15) is 11.9 Å². The van der Waals surface area contributed by atoms with Crippen molar-refractivity contribution < 1.29 is 14.2 Å². The molecule has 8 heteroatoms. The molecule has 28 heavy (non-hydrogen) atoms. The second kappa shape index (κ2) is 6.56. The van der Waals surface area contributed by atoms with Crippen molar-refractivity contribution in [1.29, 1.82) is 0 Å². The molecule has 0 amide bonds. The van der Waals surface area contributed by atoms with Crippen LogP contribution in [-0.2, 0) is 0 Å². The minimum absolute atomic E-state index is 0.0619. The van der Waals surface area contributed by atoms with Gasteiger partial charge < -0.3 is 14.4 Å². The van der Waals surface area contributed by atoms with Gasteiger partial charge >= 0.3 is 0 Å². The maximum atomic E-state index is 14.5. The molecule has 0 radical (unpaired) electrons. The maximum Gasteiger partial charge on any atom is 0.233 e. The van der Waals surface area contributed by atoms with Crippen LogP contribution >= 0.6 is 0 Å². The van der Waals surface area contributed by atoms with Crippen molar-refractivity contribution in [2.75, 3.05) is 13.6 Å². The zero-order valence-electron chi connectivity index (χ0n) is 15.3. The Hall–Kier alpha value is -3.00. The van der Waals surface area contributed by atoms with E-state index in [1.165, 1.54) is 0 Å². The van der Waals surface area contributed by atoms with E-state index in [9.17, 15) is 9.50 Å².